The summed E-state index contributed by atoms with van der Waals surface area (Å²) < 4.78 is 50.7. The molecule has 0 saturated carbocycles. The first-order valence-electron chi connectivity index (χ1n) is 5.71. The first-order chi connectivity index (χ1) is 9.36. The van der Waals surface area contributed by atoms with E-state index in [4.69, 9.17) is 0 Å². The number of anilines is 1. The van der Waals surface area contributed by atoms with E-state index in [9.17, 15) is 17.6 Å². The van der Waals surface area contributed by atoms with Gasteiger partial charge in [-0.25, -0.2) is 4.39 Å². The van der Waals surface area contributed by atoms with E-state index in [0.29, 0.717) is 22.3 Å². The minimum absolute atomic E-state index is 0.350. The van der Waals surface area contributed by atoms with Gasteiger partial charge in [-0.3, -0.25) is 0 Å². The molecule has 0 spiro atoms. The lowest BCUT2D eigenvalue weighted by molar-refractivity contribution is -0.137. The van der Waals surface area contributed by atoms with Gasteiger partial charge in [-0.2, -0.15) is 13.2 Å². The number of benzene rings is 2. The number of alkyl halides is 3. The molecular weight excluding hydrogens is 338 g/mol. The van der Waals surface area contributed by atoms with Crippen molar-refractivity contribution < 1.29 is 17.6 Å². The van der Waals surface area contributed by atoms with Gasteiger partial charge in [0, 0.05) is 16.7 Å². The van der Waals surface area contributed by atoms with Gasteiger partial charge in [0.1, 0.15) is 5.82 Å². The fraction of sp³-hybridized carbons (Fsp3) is 0.143. The predicted octanol–water partition coefficient (Wildman–Crippen LogP) is 5.22. The Labute approximate surface area is 121 Å². The second kappa shape index (κ2) is 5.83. The monoisotopic (exact) mass is 347 g/mol. The molecule has 0 unspecified atom stereocenters. The van der Waals surface area contributed by atoms with Crippen LogP contribution in [-0.4, -0.2) is 0 Å². The van der Waals surface area contributed by atoms with Crippen LogP contribution in [0, 0.1) is 5.82 Å². The van der Waals surface area contributed by atoms with Gasteiger partial charge < -0.3 is 5.32 Å². The highest BCUT2D eigenvalue weighted by Gasteiger charge is 2.29. The average Bonchev–Trinajstić information content (AvgIpc) is 2.37. The Kier molecular flexibility index (Phi) is 4.32. The molecule has 0 atom stereocenters. The minimum Gasteiger partial charge on any atom is -0.380 e. The van der Waals surface area contributed by atoms with Gasteiger partial charge in [0.25, 0.3) is 0 Å². The van der Waals surface area contributed by atoms with Gasteiger partial charge in [-0.15, -0.1) is 0 Å². The van der Waals surface area contributed by atoms with E-state index in [1.807, 2.05) is 0 Å². The number of nitrogens with one attached hydrogen (secondary N) is 1. The van der Waals surface area contributed by atoms with E-state index in [2.05, 4.69) is 21.2 Å². The molecule has 2 rings (SSSR count). The Balaban J connectivity index is 2.04. The number of rotatable bonds is 3. The normalized spacial score (nSPS) is 11.4. The van der Waals surface area contributed by atoms with Gasteiger partial charge in [-0.05, 0) is 51.8 Å². The van der Waals surface area contributed by atoms with Crippen molar-refractivity contribution >= 4 is 21.6 Å². The number of halogens is 5. The Hall–Kier alpha value is -1.56. The van der Waals surface area contributed by atoms with Crippen LogP contribution >= 0.6 is 15.9 Å². The van der Waals surface area contributed by atoms with Crippen molar-refractivity contribution in [1.82, 2.24) is 0 Å². The van der Waals surface area contributed by atoms with E-state index < -0.39 is 11.7 Å². The van der Waals surface area contributed by atoms with Crippen molar-refractivity contribution in [3.63, 3.8) is 0 Å². The zero-order valence-electron chi connectivity index (χ0n) is 10.1. The van der Waals surface area contributed by atoms with Crippen LogP contribution in [0.3, 0.4) is 0 Å². The number of hydrogen-bond donors (Lipinski definition) is 1. The van der Waals surface area contributed by atoms with Gasteiger partial charge in [0.05, 0.1) is 5.56 Å². The molecule has 0 aliphatic heterocycles. The second-order valence-corrected chi connectivity index (χ2v) is 5.03. The van der Waals surface area contributed by atoms with Gasteiger partial charge >= 0.3 is 6.18 Å². The third-order valence-electron chi connectivity index (χ3n) is 2.70. The molecule has 0 heterocycles. The summed E-state index contributed by atoms with van der Waals surface area (Å²) in [7, 11) is 0. The Morgan fingerprint density at radius 1 is 1.00 bits per heavy atom. The molecule has 20 heavy (non-hydrogen) atoms. The highest BCUT2D eigenvalue weighted by molar-refractivity contribution is 9.10. The molecule has 1 N–H and O–H groups in total. The zero-order valence-corrected chi connectivity index (χ0v) is 11.7. The van der Waals surface area contributed by atoms with Gasteiger partial charge in [0.15, 0.2) is 0 Å². The molecular formula is C14H10BrF4N. The average molecular weight is 348 g/mol. The highest BCUT2D eigenvalue weighted by Crippen LogP contribution is 2.29. The standard InChI is InChI=1S/C14H10BrF4N/c15-12-7-11(16)5-6-13(12)20-8-9-1-3-10(4-2-9)14(17,18)19/h1-7,20H,8H2. The van der Waals surface area contributed by atoms with Crippen molar-refractivity contribution in [2.75, 3.05) is 5.32 Å². The smallest absolute Gasteiger partial charge is 0.380 e. The zero-order chi connectivity index (χ0) is 14.8. The minimum atomic E-state index is -4.33. The molecule has 6 heteroatoms. The number of hydrogen-bond acceptors (Lipinski definition) is 1. The topological polar surface area (TPSA) is 12.0 Å². The van der Waals surface area contributed by atoms with Gasteiger partial charge in [-0.1, -0.05) is 12.1 Å². The SMILES string of the molecule is Fc1ccc(NCc2ccc(C(F)(F)F)cc2)c(Br)c1. The van der Waals surface area contributed by atoms with Crippen LogP contribution in [0.25, 0.3) is 0 Å². The first-order valence-corrected chi connectivity index (χ1v) is 6.50. The van der Waals surface area contributed by atoms with E-state index >= 15 is 0 Å². The Morgan fingerprint density at radius 2 is 1.65 bits per heavy atom. The largest absolute Gasteiger partial charge is 0.416 e. The van der Waals surface area contributed by atoms with E-state index in [0.717, 1.165) is 12.1 Å². The summed E-state index contributed by atoms with van der Waals surface area (Å²) in [5.41, 5.74) is 0.699. The second-order valence-electron chi connectivity index (χ2n) is 4.17. The predicted molar refractivity (Wildman–Crippen MR) is 72.9 cm³/mol. The third-order valence-corrected chi connectivity index (χ3v) is 3.35. The molecule has 0 aliphatic rings. The lowest BCUT2D eigenvalue weighted by Gasteiger charge is -2.10. The van der Waals surface area contributed by atoms with Crippen molar-refractivity contribution in [1.29, 1.82) is 0 Å². The van der Waals surface area contributed by atoms with Crippen LogP contribution in [0.1, 0.15) is 11.1 Å². The van der Waals surface area contributed by atoms with E-state index in [-0.39, 0.29) is 5.82 Å². The summed E-state index contributed by atoms with van der Waals surface area (Å²) in [5, 5.41) is 3.02. The van der Waals surface area contributed by atoms with Crippen LogP contribution in [-0.2, 0) is 12.7 Å². The fourth-order valence-electron chi connectivity index (χ4n) is 1.64. The van der Waals surface area contributed by atoms with Crippen LogP contribution in [0.5, 0.6) is 0 Å². The Bertz CT molecular complexity index is 593. The molecule has 0 bridgehead atoms. The van der Waals surface area contributed by atoms with Crippen molar-refractivity contribution in [2.45, 2.75) is 12.7 Å². The lowest BCUT2D eigenvalue weighted by Crippen LogP contribution is -2.05. The first kappa shape index (κ1) is 14.8. The highest BCUT2D eigenvalue weighted by atomic mass is 79.9. The van der Waals surface area contributed by atoms with Gasteiger partial charge in [0.2, 0.25) is 0 Å². The summed E-state index contributed by atoms with van der Waals surface area (Å²) in [6.07, 6.45) is -4.33. The van der Waals surface area contributed by atoms with E-state index in [1.54, 1.807) is 6.07 Å². The summed E-state index contributed by atoms with van der Waals surface area (Å²) >= 11 is 3.21. The molecule has 0 aliphatic carbocycles. The maximum absolute atomic E-state index is 12.9. The third kappa shape index (κ3) is 3.72. The molecule has 0 aromatic heterocycles. The fourth-order valence-corrected chi connectivity index (χ4v) is 2.13. The molecule has 106 valence electrons. The summed E-state index contributed by atoms with van der Waals surface area (Å²) in [6, 6.07) is 9.08. The van der Waals surface area contributed by atoms with E-state index in [1.165, 1.54) is 24.3 Å². The molecule has 2 aromatic carbocycles. The summed E-state index contributed by atoms with van der Waals surface area (Å²) in [6.45, 7) is 0.350. The quantitative estimate of drug-likeness (QED) is 0.750. The van der Waals surface area contributed by atoms with Crippen molar-refractivity contribution in [3.8, 4) is 0 Å². The maximum Gasteiger partial charge on any atom is 0.416 e. The summed E-state index contributed by atoms with van der Waals surface area (Å²) in [5.74, 6) is -0.364. The lowest BCUT2D eigenvalue weighted by atomic mass is 10.1. The molecule has 1 nitrogen and oxygen atoms in total. The van der Waals surface area contributed by atoms with Crippen LogP contribution in [0.15, 0.2) is 46.9 Å². The maximum atomic E-state index is 12.9. The van der Waals surface area contributed by atoms with Crippen molar-refractivity contribution in [2.24, 2.45) is 0 Å². The van der Waals surface area contributed by atoms with Crippen LogP contribution in [0.4, 0.5) is 23.2 Å². The molecule has 2 aromatic rings. The molecule has 0 saturated heterocycles. The molecule has 0 fully saturated rings. The van der Waals surface area contributed by atoms with Crippen LogP contribution in [0.2, 0.25) is 0 Å². The molecule has 0 radical (unpaired) electrons. The van der Waals surface area contributed by atoms with Crippen molar-refractivity contribution in [3.05, 3.63) is 63.9 Å². The van der Waals surface area contributed by atoms with Crippen LogP contribution < -0.4 is 5.32 Å². The molecule has 0 amide bonds. The Morgan fingerprint density at radius 3 is 2.20 bits per heavy atom. The summed E-state index contributed by atoms with van der Waals surface area (Å²) in [4.78, 5) is 0.